The molecule has 0 unspecified atom stereocenters. The number of aromatic amines is 1. The first-order chi connectivity index (χ1) is 8.63. The van der Waals surface area contributed by atoms with Crippen LogP contribution in [0.15, 0.2) is 41.7 Å². The van der Waals surface area contributed by atoms with Crippen molar-refractivity contribution >= 4 is 28.4 Å². The van der Waals surface area contributed by atoms with E-state index in [2.05, 4.69) is 16.9 Å². The zero-order valence-corrected chi connectivity index (χ0v) is 10.3. The van der Waals surface area contributed by atoms with Crippen LogP contribution < -0.4 is 10.9 Å². The molecule has 0 saturated heterocycles. The smallest absolute Gasteiger partial charge is 0.252 e. The molecule has 0 spiro atoms. The zero-order valence-electron chi connectivity index (χ0n) is 9.50. The summed E-state index contributed by atoms with van der Waals surface area (Å²) >= 11 is 5.99. The molecule has 0 atom stereocenters. The molecule has 2 aromatic rings. The number of fused-ring (bicyclic) bond motifs is 1. The predicted octanol–water partition coefficient (Wildman–Crippen LogP) is 2.10. The molecule has 1 amide bonds. The van der Waals surface area contributed by atoms with Gasteiger partial charge in [-0.05, 0) is 6.07 Å². The predicted molar refractivity (Wildman–Crippen MR) is 72.1 cm³/mol. The van der Waals surface area contributed by atoms with Gasteiger partial charge in [-0.15, -0.1) is 6.58 Å². The van der Waals surface area contributed by atoms with Gasteiger partial charge in [0.05, 0.1) is 16.1 Å². The number of H-pyrrole nitrogens is 1. The third-order valence-corrected chi connectivity index (χ3v) is 2.79. The molecule has 0 aliphatic carbocycles. The summed E-state index contributed by atoms with van der Waals surface area (Å²) in [7, 11) is 0. The normalized spacial score (nSPS) is 10.3. The highest BCUT2D eigenvalue weighted by molar-refractivity contribution is 6.35. The second kappa shape index (κ2) is 5.06. The van der Waals surface area contributed by atoms with E-state index < -0.39 is 0 Å². The molecular weight excluding hydrogens is 252 g/mol. The largest absolute Gasteiger partial charge is 0.349 e. The van der Waals surface area contributed by atoms with Crippen molar-refractivity contribution < 1.29 is 4.79 Å². The summed E-state index contributed by atoms with van der Waals surface area (Å²) in [6.45, 7) is 3.86. The Morgan fingerprint density at radius 1 is 1.50 bits per heavy atom. The molecule has 5 heteroatoms. The maximum Gasteiger partial charge on any atom is 0.252 e. The number of hydrogen-bond acceptors (Lipinski definition) is 2. The Kier molecular flexibility index (Phi) is 3.48. The number of pyridine rings is 1. The highest BCUT2D eigenvalue weighted by atomic mass is 35.5. The Morgan fingerprint density at radius 2 is 2.28 bits per heavy atom. The van der Waals surface area contributed by atoms with Gasteiger partial charge < -0.3 is 10.3 Å². The number of aromatic nitrogens is 1. The second-order valence-corrected chi connectivity index (χ2v) is 4.12. The van der Waals surface area contributed by atoms with Crippen molar-refractivity contribution in [1.29, 1.82) is 0 Å². The van der Waals surface area contributed by atoms with Crippen LogP contribution in [0.2, 0.25) is 5.02 Å². The molecule has 0 aliphatic heterocycles. The summed E-state index contributed by atoms with van der Waals surface area (Å²) in [6, 6.07) is 6.38. The lowest BCUT2D eigenvalue weighted by Crippen LogP contribution is -2.25. The number of rotatable bonds is 3. The third-order valence-electron chi connectivity index (χ3n) is 2.48. The van der Waals surface area contributed by atoms with Crippen molar-refractivity contribution in [3.63, 3.8) is 0 Å². The summed E-state index contributed by atoms with van der Waals surface area (Å²) in [6.07, 6.45) is 1.57. The average Bonchev–Trinajstić information content (AvgIpc) is 2.36. The fraction of sp³-hybridized carbons (Fsp3) is 0.0769. The summed E-state index contributed by atoms with van der Waals surface area (Å²) in [5.41, 5.74) is 0.410. The van der Waals surface area contributed by atoms with Crippen LogP contribution in [0.4, 0.5) is 0 Å². The van der Waals surface area contributed by atoms with Crippen LogP contribution in [0, 0.1) is 0 Å². The Hall–Kier alpha value is -2.07. The lowest BCUT2D eigenvalue weighted by Gasteiger charge is -2.07. The van der Waals surface area contributed by atoms with Crippen molar-refractivity contribution in [3.05, 3.63) is 57.9 Å². The fourth-order valence-electron chi connectivity index (χ4n) is 1.69. The van der Waals surface area contributed by atoms with Crippen molar-refractivity contribution in [2.75, 3.05) is 6.54 Å². The molecule has 0 radical (unpaired) electrons. The summed E-state index contributed by atoms with van der Waals surface area (Å²) < 4.78 is 0. The fourth-order valence-corrected chi connectivity index (χ4v) is 1.91. The van der Waals surface area contributed by atoms with Crippen molar-refractivity contribution in [3.8, 4) is 0 Å². The van der Waals surface area contributed by atoms with Crippen molar-refractivity contribution in [2.45, 2.75) is 0 Å². The first kappa shape index (κ1) is 12.4. The zero-order chi connectivity index (χ0) is 13.1. The quantitative estimate of drug-likeness (QED) is 0.832. The third kappa shape index (κ3) is 2.28. The van der Waals surface area contributed by atoms with Crippen LogP contribution in [-0.4, -0.2) is 17.4 Å². The Bertz CT molecular complexity index is 676. The molecule has 92 valence electrons. The molecule has 0 aliphatic rings. The van der Waals surface area contributed by atoms with Crippen molar-refractivity contribution in [1.82, 2.24) is 10.3 Å². The number of benzene rings is 1. The molecule has 1 aromatic carbocycles. The second-order valence-electron chi connectivity index (χ2n) is 3.71. The van der Waals surface area contributed by atoms with Gasteiger partial charge in [0, 0.05) is 18.0 Å². The van der Waals surface area contributed by atoms with Gasteiger partial charge in [0.15, 0.2) is 0 Å². The maximum absolute atomic E-state index is 11.9. The van der Waals surface area contributed by atoms with E-state index in [0.717, 1.165) is 0 Å². The first-order valence-corrected chi connectivity index (χ1v) is 5.72. The van der Waals surface area contributed by atoms with Gasteiger partial charge in [0.1, 0.15) is 0 Å². The van der Waals surface area contributed by atoms with E-state index in [1.165, 1.54) is 6.07 Å². The van der Waals surface area contributed by atoms with Gasteiger partial charge in [0.2, 0.25) is 5.56 Å². The van der Waals surface area contributed by atoms with E-state index in [1.807, 2.05) is 0 Å². The summed E-state index contributed by atoms with van der Waals surface area (Å²) in [5.74, 6) is -0.326. The molecular formula is C13H11ClN2O2. The van der Waals surface area contributed by atoms with Crippen molar-refractivity contribution in [2.24, 2.45) is 0 Å². The molecule has 18 heavy (non-hydrogen) atoms. The highest BCUT2D eigenvalue weighted by Gasteiger charge is 2.12. The minimum atomic E-state index is -0.362. The Morgan fingerprint density at radius 3 is 3.00 bits per heavy atom. The van der Waals surface area contributed by atoms with Crippen LogP contribution in [0.1, 0.15) is 10.4 Å². The van der Waals surface area contributed by atoms with E-state index in [0.29, 0.717) is 28.0 Å². The minimum Gasteiger partial charge on any atom is -0.349 e. The minimum absolute atomic E-state index is 0.304. The van der Waals surface area contributed by atoms with Crippen LogP contribution in [-0.2, 0) is 0 Å². The Balaban J connectivity index is 2.63. The molecule has 0 fully saturated rings. The number of amides is 1. The monoisotopic (exact) mass is 262 g/mol. The lowest BCUT2D eigenvalue weighted by atomic mass is 10.1. The molecule has 2 rings (SSSR count). The van der Waals surface area contributed by atoms with E-state index in [9.17, 15) is 9.59 Å². The van der Waals surface area contributed by atoms with E-state index in [1.54, 1.807) is 24.3 Å². The van der Waals surface area contributed by atoms with Crippen LogP contribution in [0.5, 0.6) is 0 Å². The summed E-state index contributed by atoms with van der Waals surface area (Å²) in [5, 5.41) is 3.65. The van der Waals surface area contributed by atoms with Gasteiger partial charge in [-0.2, -0.15) is 0 Å². The van der Waals surface area contributed by atoms with E-state index in [-0.39, 0.29) is 11.5 Å². The average molecular weight is 263 g/mol. The van der Waals surface area contributed by atoms with Crippen LogP contribution >= 0.6 is 11.6 Å². The Labute approximate surface area is 108 Å². The number of halogens is 1. The van der Waals surface area contributed by atoms with Crippen LogP contribution in [0.25, 0.3) is 10.9 Å². The molecule has 1 aromatic heterocycles. The van der Waals surface area contributed by atoms with Gasteiger partial charge in [-0.3, -0.25) is 9.59 Å². The van der Waals surface area contributed by atoms with E-state index >= 15 is 0 Å². The van der Waals surface area contributed by atoms with E-state index in [4.69, 9.17) is 11.6 Å². The number of carbonyl (C=O) groups excluding carboxylic acids is 1. The molecule has 1 heterocycles. The topological polar surface area (TPSA) is 62.0 Å². The number of nitrogens with one attached hydrogen (secondary N) is 2. The number of carbonyl (C=O) groups is 1. The molecule has 2 N–H and O–H groups in total. The van der Waals surface area contributed by atoms with Gasteiger partial charge in [0.25, 0.3) is 5.91 Å². The van der Waals surface area contributed by atoms with Crippen LogP contribution in [0.3, 0.4) is 0 Å². The number of hydrogen-bond donors (Lipinski definition) is 2. The molecule has 0 bridgehead atoms. The van der Waals surface area contributed by atoms with Gasteiger partial charge >= 0.3 is 0 Å². The maximum atomic E-state index is 11.9. The molecule has 4 nitrogen and oxygen atoms in total. The summed E-state index contributed by atoms with van der Waals surface area (Å²) in [4.78, 5) is 26.1. The number of para-hydroxylation sites is 1. The van der Waals surface area contributed by atoms with Gasteiger partial charge in [-0.1, -0.05) is 29.8 Å². The van der Waals surface area contributed by atoms with Gasteiger partial charge in [-0.25, -0.2) is 0 Å². The molecule has 0 saturated carbocycles. The standard InChI is InChI=1S/C13H11ClN2O2/c1-2-6-15-13(18)9-7-11(17)16-12-8(9)4-3-5-10(12)14/h2-5,7H,1,6H2,(H,15,18)(H,16,17). The SMILES string of the molecule is C=CCNC(=O)c1cc(=O)[nH]c2c(Cl)cccc12. The lowest BCUT2D eigenvalue weighted by molar-refractivity contribution is 0.0959. The first-order valence-electron chi connectivity index (χ1n) is 5.34. The highest BCUT2D eigenvalue weighted by Crippen LogP contribution is 2.22.